The van der Waals surface area contributed by atoms with Crippen LogP contribution >= 0.6 is 23.2 Å². The van der Waals surface area contributed by atoms with E-state index in [1.54, 1.807) is 0 Å². The van der Waals surface area contributed by atoms with Crippen molar-refractivity contribution in [1.82, 2.24) is 0 Å². The van der Waals surface area contributed by atoms with Crippen molar-refractivity contribution in [2.75, 3.05) is 0 Å². The number of benzene rings is 4. The van der Waals surface area contributed by atoms with Gasteiger partial charge in [-0.1, -0.05) is 0 Å². The minimum absolute atomic E-state index is 0.0173. The quantitative estimate of drug-likeness (QED) is 0.167. The Morgan fingerprint density at radius 1 is 0.694 bits per heavy atom. The zero-order valence-electron chi connectivity index (χ0n) is 31.5. The van der Waals surface area contributed by atoms with E-state index in [9.17, 15) is 0 Å². The van der Waals surface area contributed by atoms with Gasteiger partial charge in [0.25, 0.3) is 0 Å². The van der Waals surface area contributed by atoms with Gasteiger partial charge in [-0.15, -0.1) is 0 Å². The molecule has 0 bridgehead atoms. The first kappa shape index (κ1) is 36.5. The number of allylic oxidation sites excluding steroid dienone is 4. The molecule has 0 N–H and O–H groups in total. The van der Waals surface area contributed by atoms with Crippen molar-refractivity contribution in [3.8, 4) is 11.1 Å². The molecule has 4 aromatic rings. The first-order chi connectivity index (χ1) is 22.7. The summed E-state index contributed by atoms with van der Waals surface area (Å²) in [5, 5.41) is 1.49. The van der Waals surface area contributed by atoms with E-state index in [1.165, 1.54) is 52.0 Å². The molecule has 1 unspecified atom stereocenters. The summed E-state index contributed by atoms with van der Waals surface area (Å²) in [6.45, 7) is 25.8. The Hall–Kier alpha value is -2.31. The molecule has 49 heavy (non-hydrogen) atoms. The molecule has 0 fully saturated rings. The molecule has 2 aliphatic rings. The van der Waals surface area contributed by atoms with Gasteiger partial charge in [-0.25, -0.2) is 0 Å². The summed E-state index contributed by atoms with van der Waals surface area (Å²) < 4.78 is 11.4. The molecule has 2 aliphatic carbocycles. The second kappa shape index (κ2) is 12.1. The van der Waals surface area contributed by atoms with Crippen LogP contribution in [-0.4, -0.2) is 4.21 Å². The number of halogens is 2. The second-order valence-corrected chi connectivity index (χ2v) is 31.8. The summed E-state index contributed by atoms with van der Waals surface area (Å²) in [5.41, 5.74) is 9.57. The van der Waals surface area contributed by atoms with Crippen molar-refractivity contribution < 1.29 is 18.3 Å². The van der Waals surface area contributed by atoms with E-state index in [0.29, 0.717) is 5.92 Å². The van der Waals surface area contributed by atoms with Crippen molar-refractivity contribution in [3.63, 3.8) is 0 Å². The molecule has 0 aromatic heterocycles. The zero-order chi connectivity index (χ0) is 35.9. The minimum atomic E-state index is -5.31. The van der Waals surface area contributed by atoms with Crippen LogP contribution in [0.3, 0.4) is 0 Å². The van der Waals surface area contributed by atoms with Gasteiger partial charge < -0.3 is 0 Å². The van der Waals surface area contributed by atoms with Gasteiger partial charge >= 0.3 is 309 Å². The fourth-order valence-corrected chi connectivity index (χ4v) is 27.5. The molecule has 0 saturated carbocycles. The third-order valence-corrected chi connectivity index (χ3v) is 28.2. The first-order valence-corrected chi connectivity index (χ1v) is 25.4. The molecule has 256 valence electrons. The summed E-state index contributed by atoms with van der Waals surface area (Å²) >= 11 is 8.79. The first-order valence-electron chi connectivity index (χ1n) is 18.0. The molecule has 3 heteroatoms. The average molecular weight is 769 g/mol. The van der Waals surface area contributed by atoms with Gasteiger partial charge in [0.05, 0.1) is 0 Å². The molecule has 1 atom stereocenters. The fraction of sp³-hybridized carbons (Fsp3) is 0.370. The Balaban J connectivity index is 1.89. The Morgan fingerprint density at radius 3 is 1.76 bits per heavy atom. The molecule has 6 rings (SSSR count). The van der Waals surface area contributed by atoms with Gasteiger partial charge in [0.1, 0.15) is 0 Å². The Bertz CT molecular complexity index is 2050. The van der Waals surface area contributed by atoms with Crippen LogP contribution in [0.1, 0.15) is 98.4 Å². The molecule has 0 radical (unpaired) electrons. The maximum absolute atomic E-state index is 7.05. The standard InChI is InChI=1S/C21H25.C12H19.2C6H4Cl.CH2.Zr/c1-20(2,3)16-7-9-18-14(12-16)11-15-13-17(21(4,5)6)8-10-19(15)18;1-9(2)10-6-7-11(8-10)12(3,4)5;2*7-6-4-2-1-3-5-6;;/h7-10,12H,11H2,1-6H3;7-10H,1-5H3;2*1-2,4-5H;1H2;. The van der Waals surface area contributed by atoms with Crippen LogP contribution in [-0.2, 0) is 35.5 Å². The normalized spacial score (nSPS) is 16.8. The molecule has 0 spiro atoms. The van der Waals surface area contributed by atoms with E-state index in [1.807, 2.05) is 12.1 Å². The SMILES string of the molecule is [CH2]=[Zr]([C]1=CC(C(C)(C)C)=CC1C(C)C)([c]1cccc(Cl)c1)([c]1cccc(Cl)c1)[c]1c(C(C)(C)C)ccc2c1Cc1cc(C(C)(C)C)ccc1-2. The predicted octanol–water partition coefficient (Wildman–Crippen LogP) is 11.7. The third-order valence-electron chi connectivity index (χ3n) is 11.5. The van der Waals surface area contributed by atoms with Crippen LogP contribution in [0, 0.1) is 17.3 Å². The summed E-state index contributed by atoms with van der Waals surface area (Å²) in [5.74, 6) is 0.593. The van der Waals surface area contributed by atoms with Crippen LogP contribution in [0.4, 0.5) is 0 Å². The van der Waals surface area contributed by atoms with Crippen molar-refractivity contribution in [3.05, 3.63) is 132 Å². The second-order valence-electron chi connectivity index (χ2n) is 18.3. The molecule has 0 saturated heterocycles. The van der Waals surface area contributed by atoms with Crippen LogP contribution < -0.4 is 9.81 Å². The molecular formula is C46H54Cl2Zr. The van der Waals surface area contributed by atoms with E-state index in [2.05, 4.69) is 155 Å². The maximum atomic E-state index is 7.05. The van der Waals surface area contributed by atoms with E-state index in [4.69, 9.17) is 27.4 Å². The van der Waals surface area contributed by atoms with Crippen LogP contribution in [0.5, 0.6) is 0 Å². The summed E-state index contributed by atoms with van der Waals surface area (Å²) in [7, 11) is 0. The van der Waals surface area contributed by atoms with Crippen molar-refractivity contribution >= 4 is 37.2 Å². The van der Waals surface area contributed by atoms with Gasteiger partial charge in [0, 0.05) is 0 Å². The fourth-order valence-electron chi connectivity index (χ4n) is 8.74. The van der Waals surface area contributed by atoms with Gasteiger partial charge in [-0.05, 0) is 0 Å². The van der Waals surface area contributed by atoms with Crippen LogP contribution in [0.25, 0.3) is 11.1 Å². The van der Waals surface area contributed by atoms with E-state index in [-0.39, 0.29) is 22.2 Å². The zero-order valence-corrected chi connectivity index (χ0v) is 35.5. The number of fused-ring (bicyclic) bond motifs is 3. The van der Waals surface area contributed by atoms with E-state index >= 15 is 0 Å². The van der Waals surface area contributed by atoms with Gasteiger partial charge in [-0.3, -0.25) is 0 Å². The summed E-state index contributed by atoms with van der Waals surface area (Å²) in [6.07, 6.45) is 6.03. The molecular weight excluding hydrogens is 715 g/mol. The van der Waals surface area contributed by atoms with Gasteiger partial charge in [-0.2, -0.15) is 0 Å². The van der Waals surface area contributed by atoms with Gasteiger partial charge in [0.15, 0.2) is 0 Å². The molecule has 0 aliphatic heterocycles. The predicted molar refractivity (Wildman–Crippen MR) is 215 cm³/mol. The van der Waals surface area contributed by atoms with Crippen molar-refractivity contribution in [2.24, 2.45) is 17.3 Å². The Morgan fingerprint density at radius 2 is 1.27 bits per heavy atom. The number of rotatable bonds is 5. The average Bonchev–Trinajstić information content (AvgIpc) is 3.63. The summed E-state index contributed by atoms with van der Waals surface area (Å²) in [4.78, 5) is 0. The molecule has 0 amide bonds. The third kappa shape index (κ3) is 5.89. The topological polar surface area (TPSA) is 0 Å². The van der Waals surface area contributed by atoms with Crippen LogP contribution in [0.2, 0.25) is 10.0 Å². The Labute approximate surface area is 307 Å². The molecule has 0 nitrogen and oxygen atoms in total. The number of hydrogen-bond donors (Lipinski definition) is 0. The molecule has 0 heterocycles. The number of hydrogen-bond acceptors (Lipinski definition) is 0. The Kier molecular flexibility index (Phi) is 9.04. The van der Waals surface area contributed by atoms with Gasteiger partial charge in [0.2, 0.25) is 0 Å². The van der Waals surface area contributed by atoms with E-state index in [0.717, 1.165) is 16.5 Å². The molecule has 4 aromatic carbocycles. The van der Waals surface area contributed by atoms with E-state index < -0.39 is 18.3 Å². The van der Waals surface area contributed by atoms with Crippen molar-refractivity contribution in [2.45, 2.75) is 93.4 Å². The van der Waals surface area contributed by atoms with Crippen molar-refractivity contribution in [1.29, 1.82) is 0 Å². The summed E-state index contributed by atoms with van der Waals surface area (Å²) in [6, 6.07) is 29.5. The van der Waals surface area contributed by atoms with Crippen LogP contribution in [0.15, 0.2) is 99.9 Å². The monoisotopic (exact) mass is 766 g/mol.